The number of ether oxygens (including phenoxy) is 1. The van der Waals surface area contributed by atoms with E-state index in [1.54, 1.807) is 48.5 Å². The van der Waals surface area contributed by atoms with Crippen LogP contribution in [0.3, 0.4) is 0 Å². The van der Waals surface area contributed by atoms with Gasteiger partial charge in [0.15, 0.2) is 6.61 Å². The topological polar surface area (TPSA) is 92.8 Å². The van der Waals surface area contributed by atoms with Crippen LogP contribution in [0.1, 0.15) is 11.6 Å². The summed E-state index contributed by atoms with van der Waals surface area (Å²) in [4.78, 5) is 24.5. The Labute approximate surface area is 145 Å². The van der Waals surface area contributed by atoms with Crippen molar-refractivity contribution >= 4 is 22.0 Å². The van der Waals surface area contributed by atoms with Crippen molar-refractivity contribution in [3.05, 3.63) is 66.2 Å². The third kappa shape index (κ3) is 3.86. The number of cyclic esters (lactones) is 1. The van der Waals surface area contributed by atoms with Gasteiger partial charge in [-0.3, -0.25) is 4.79 Å². The van der Waals surface area contributed by atoms with Gasteiger partial charge in [-0.2, -0.15) is 0 Å². The fourth-order valence-electron chi connectivity index (χ4n) is 2.49. The van der Waals surface area contributed by atoms with Gasteiger partial charge in [0.25, 0.3) is 5.91 Å². The van der Waals surface area contributed by atoms with Crippen molar-refractivity contribution in [3.8, 4) is 0 Å². The number of sulfonamides is 1. The van der Waals surface area contributed by atoms with Crippen LogP contribution in [0.15, 0.2) is 65.6 Å². The zero-order valence-electron chi connectivity index (χ0n) is 13.2. The Balaban J connectivity index is 1.89. The van der Waals surface area contributed by atoms with E-state index < -0.39 is 28.1 Å². The minimum Gasteiger partial charge on any atom is -0.439 e. The predicted octanol–water partition coefficient (Wildman–Crippen LogP) is 1.68. The maximum atomic E-state index is 12.6. The van der Waals surface area contributed by atoms with E-state index in [1.165, 1.54) is 12.1 Å². The van der Waals surface area contributed by atoms with E-state index in [4.69, 9.17) is 0 Å². The molecule has 25 heavy (non-hydrogen) atoms. The first-order chi connectivity index (χ1) is 12.0. The van der Waals surface area contributed by atoms with Gasteiger partial charge in [-0.25, -0.2) is 22.8 Å². The van der Waals surface area contributed by atoms with Crippen molar-refractivity contribution in [1.29, 1.82) is 0 Å². The van der Waals surface area contributed by atoms with E-state index in [0.717, 1.165) is 4.90 Å². The van der Waals surface area contributed by atoms with E-state index in [0.29, 0.717) is 5.56 Å². The highest BCUT2D eigenvalue weighted by Crippen LogP contribution is 2.20. The van der Waals surface area contributed by atoms with Gasteiger partial charge >= 0.3 is 6.09 Å². The average molecular weight is 360 g/mol. The number of imide groups is 1. The second-order valence-corrected chi connectivity index (χ2v) is 7.17. The summed E-state index contributed by atoms with van der Waals surface area (Å²) in [6.45, 7) is -0.473. The van der Waals surface area contributed by atoms with Crippen LogP contribution in [-0.4, -0.2) is 38.5 Å². The fourth-order valence-corrected chi connectivity index (χ4v) is 3.73. The van der Waals surface area contributed by atoms with Crippen molar-refractivity contribution < 1.29 is 22.7 Å². The van der Waals surface area contributed by atoms with Crippen LogP contribution in [0.2, 0.25) is 0 Å². The molecular weight excluding hydrogens is 344 g/mol. The van der Waals surface area contributed by atoms with Gasteiger partial charge < -0.3 is 4.74 Å². The highest BCUT2D eigenvalue weighted by Gasteiger charge is 2.34. The third-order valence-electron chi connectivity index (χ3n) is 3.76. The molecule has 3 rings (SSSR count). The Bertz CT molecular complexity index is 852. The Hall–Kier alpha value is -2.71. The maximum absolute atomic E-state index is 12.6. The normalized spacial score (nSPS) is 15.9. The summed E-state index contributed by atoms with van der Waals surface area (Å²) in [5, 5.41) is 0. The van der Waals surface area contributed by atoms with Crippen molar-refractivity contribution in [3.63, 3.8) is 0 Å². The van der Waals surface area contributed by atoms with Gasteiger partial charge in [-0.1, -0.05) is 48.5 Å². The van der Waals surface area contributed by atoms with Crippen LogP contribution in [0.5, 0.6) is 0 Å². The second kappa shape index (κ2) is 7.04. The van der Waals surface area contributed by atoms with E-state index in [2.05, 4.69) is 9.46 Å². The van der Waals surface area contributed by atoms with Crippen LogP contribution < -0.4 is 4.72 Å². The summed E-state index contributed by atoms with van der Waals surface area (Å²) < 4.78 is 32.5. The van der Waals surface area contributed by atoms with Crippen LogP contribution in [0.4, 0.5) is 4.79 Å². The molecule has 130 valence electrons. The van der Waals surface area contributed by atoms with E-state index in [9.17, 15) is 18.0 Å². The Morgan fingerprint density at radius 2 is 1.60 bits per heavy atom. The summed E-state index contributed by atoms with van der Waals surface area (Å²) in [6.07, 6.45) is -0.773. The van der Waals surface area contributed by atoms with Gasteiger partial charge in [0.05, 0.1) is 17.5 Å². The molecule has 0 bridgehead atoms. The molecule has 1 unspecified atom stereocenters. The summed E-state index contributed by atoms with van der Waals surface area (Å²) in [5.74, 6) is -0.496. The zero-order valence-corrected chi connectivity index (χ0v) is 14.0. The van der Waals surface area contributed by atoms with Crippen molar-refractivity contribution in [2.75, 3.05) is 13.2 Å². The molecule has 0 aliphatic carbocycles. The smallest absolute Gasteiger partial charge is 0.417 e. The predicted molar refractivity (Wildman–Crippen MR) is 89.0 cm³/mol. The van der Waals surface area contributed by atoms with Crippen molar-refractivity contribution in [2.45, 2.75) is 10.9 Å². The highest BCUT2D eigenvalue weighted by atomic mass is 32.2. The minimum atomic E-state index is -3.82. The highest BCUT2D eigenvalue weighted by molar-refractivity contribution is 7.89. The number of amides is 2. The molecule has 1 heterocycles. The fraction of sp³-hybridized carbons (Fsp3) is 0.176. The molecule has 0 radical (unpaired) electrons. The van der Waals surface area contributed by atoms with E-state index in [1.807, 2.05) is 0 Å². The molecule has 1 atom stereocenters. The molecule has 1 aliphatic rings. The van der Waals surface area contributed by atoms with E-state index in [-0.39, 0.29) is 18.0 Å². The summed E-state index contributed by atoms with van der Waals surface area (Å²) >= 11 is 0. The minimum absolute atomic E-state index is 0.103. The molecule has 1 aliphatic heterocycles. The molecule has 0 saturated carbocycles. The molecule has 1 N–H and O–H groups in total. The van der Waals surface area contributed by atoms with Crippen LogP contribution in [0, 0.1) is 0 Å². The van der Waals surface area contributed by atoms with Crippen LogP contribution in [0.25, 0.3) is 0 Å². The first-order valence-corrected chi connectivity index (χ1v) is 9.05. The number of rotatable bonds is 6. The number of carbonyl (C=O) groups is 2. The Morgan fingerprint density at radius 1 is 1.00 bits per heavy atom. The molecule has 8 heteroatoms. The average Bonchev–Trinajstić information content (AvgIpc) is 2.94. The van der Waals surface area contributed by atoms with Crippen LogP contribution >= 0.6 is 0 Å². The first-order valence-electron chi connectivity index (χ1n) is 7.57. The molecule has 0 spiro atoms. The molecule has 2 amide bonds. The van der Waals surface area contributed by atoms with Crippen molar-refractivity contribution in [2.24, 2.45) is 0 Å². The number of benzene rings is 2. The SMILES string of the molecule is O=C1COC(=O)N1CC(NS(=O)(=O)c1ccccc1)c1ccccc1. The quantitative estimate of drug-likeness (QED) is 0.846. The lowest BCUT2D eigenvalue weighted by Gasteiger charge is -2.22. The van der Waals surface area contributed by atoms with Gasteiger partial charge in [0.2, 0.25) is 10.0 Å². The number of hydrogen-bond acceptors (Lipinski definition) is 5. The lowest BCUT2D eigenvalue weighted by molar-refractivity contribution is -0.126. The molecule has 2 aromatic carbocycles. The third-order valence-corrected chi connectivity index (χ3v) is 5.25. The molecule has 1 saturated heterocycles. The van der Waals surface area contributed by atoms with Gasteiger partial charge in [-0.05, 0) is 17.7 Å². The molecule has 7 nitrogen and oxygen atoms in total. The molecule has 0 aromatic heterocycles. The second-order valence-electron chi connectivity index (χ2n) is 5.46. The van der Waals surface area contributed by atoms with E-state index >= 15 is 0 Å². The summed E-state index contributed by atoms with van der Waals surface area (Å²) in [7, 11) is -3.82. The standard InChI is InChI=1S/C17H16N2O5S/c20-16-12-24-17(21)19(16)11-15(13-7-3-1-4-8-13)18-25(22,23)14-9-5-2-6-10-14/h1-10,15,18H,11-12H2. The number of carbonyl (C=O) groups excluding carboxylic acids is 2. The zero-order chi connectivity index (χ0) is 17.9. The van der Waals surface area contributed by atoms with Gasteiger partial charge in [-0.15, -0.1) is 0 Å². The number of hydrogen-bond donors (Lipinski definition) is 1. The lowest BCUT2D eigenvalue weighted by atomic mass is 10.1. The van der Waals surface area contributed by atoms with Gasteiger partial charge in [0.1, 0.15) is 0 Å². The monoisotopic (exact) mass is 360 g/mol. The number of nitrogens with one attached hydrogen (secondary N) is 1. The molecule has 1 fully saturated rings. The Kier molecular flexibility index (Phi) is 4.82. The lowest BCUT2D eigenvalue weighted by Crippen LogP contribution is -2.40. The Morgan fingerprint density at radius 3 is 2.16 bits per heavy atom. The molecule has 2 aromatic rings. The van der Waals surface area contributed by atoms with Crippen molar-refractivity contribution in [1.82, 2.24) is 9.62 Å². The number of nitrogens with zero attached hydrogens (tertiary/aromatic N) is 1. The first kappa shape index (κ1) is 17.1. The molecular formula is C17H16N2O5S. The van der Waals surface area contributed by atoms with Gasteiger partial charge in [0, 0.05) is 0 Å². The summed E-state index contributed by atoms with van der Waals surface area (Å²) in [5.41, 5.74) is 0.634. The maximum Gasteiger partial charge on any atom is 0.417 e. The van der Waals surface area contributed by atoms with Crippen LogP contribution in [-0.2, 0) is 19.6 Å². The summed E-state index contributed by atoms with van der Waals surface area (Å²) in [6, 6.07) is 15.9. The largest absolute Gasteiger partial charge is 0.439 e.